The van der Waals surface area contributed by atoms with E-state index in [1.165, 1.54) is 135 Å². The average molecular weight is 774 g/mol. The van der Waals surface area contributed by atoms with Crippen molar-refractivity contribution in [1.29, 1.82) is 0 Å². The molecule has 3 N–H and O–H groups in total. The molecule has 0 aromatic rings. The van der Waals surface area contributed by atoms with Crippen molar-refractivity contribution in [3.8, 4) is 0 Å². The molecule has 53 heavy (non-hydrogen) atoms. The summed E-state index contributed by atoms with van der Waals surface area (Å²) in [5, 5.41) is 0. The van der Waals surface area contributed by atoms with Crippen LogP contribution in [0.25, 0.3) is 0 Å². The first-order chi connectivity index (χ1) is 25.8. The van der Waals surface area contributed by atoms with Gasteiger partial charge in [-0.1, -0.05) is 180 Å². The second-order valence-electron chi connectivity index (χ2n) is 14.9. The van der Waals surface area contributed by atoms with E-state index in [4.69, 9.17) is 24.3 Å². The number of carbonyl (C=O) groups excluding carboxylic acids is 2. The number of phosphoric ester groups is 1. The fourth-order valence-corrected chi connectivity index (χ4v) is 7.10. The third kappa shape index (κ3) is 40.2. The molecule has 0 saturated heterocycles. The highest BCUT2D eigenvalue weighted by atomic mass is 31.2. The van der Waals surface area contributed by atoms with Crippen LogP contribution in [-0.2, 0) is 32.7 Å². The van der Waals surface area contributed by atoms with Crippen LogP contribution in [0.5, 0.6) is 0 Å². The number of hydrogen-bond acceptors (Lipinski definition) is 8. The molecular weight excluding hydrogens is 689 g/mol. The third-order valence-corrected chi connectivity index (χ3v) is 10.6. The Hall–Kier alpha value is -1.25. The smallest absolute Gasteiger partial charge is 0.462 e. The number of carbonyl (C=O) groups is 2. The van der Waals surface area contributed by atoms with E-state index >= 15 is 0 Å². The van der Waals surface area contributed by atoms with Crippen LogP contribution in [0.1, 0.15) is 219 Å². The Morgan fingerprint density at radius 1 is 0.547 bits per heavy atom. The SMILES string of the molecule is CCCCCC/C=C\CCCCCCCC(=O)O[C@H](COC(=O)CCCCCCCCCCCCCCCCCCCCC)COP(=O)(O)OCCN. The molecule has 0 amide bonds. The van der Waals surface area contributed by atoms with Crippen LogP contribution in [0, 0.1) is 0 Å². The molecule has 9 nitrogen and oxygen atoms in total. The number of esters is 2. The van der Waals surface area contributed by atoms with Gasteiger partial charge in [0.25, 0.3) is 0 Å². The first-order valence-electron chi connectivity index (χ1n) is 22.2. The first-order valence-corrected chi connectivity index (χ1v) is 23.7. The third-order valence-electron chi connectivity index (χ3n) is 9.65. The summed E-state index contributed by atoms with van der Waals surface area (Å²) in [7, 11) is -4.37. The Bertz CT molecular complexity index is 886. The lowest BCUT2D eigenvalue weighted by Gasteiger charge is -2.19. The van der Waals surface area contributed by atoms with Crippen LogP contribution in [0.2, 0.25) is 0 Å². The summed E-state index contributed by atoms with van der Waals surface area (Å²) >= 11 is 0. The van der Waals surface area contributed by atoms with Gasteiger partial charge in [0.15, 0.2) is 6.10 Å². The summed E-state index contributed by atoms with van der Waals surface area (Å²) in [4.78, 5) is 34.8. The Morgan fingerprint density at radius 3 is 1.36 bits per heavy atom. The van der Waals surface area contributed by atoms with Crippen LogP contribution >= 0.6 is 7.82 Å². The molecule has 0 aliphatic rings. The lowest BCUT2D eigenvalue weighted by molar-refractivity contribution is -0.161. The standard InChI is InChI=1S/C43H84NO8P/c1-3-5-7-9-11-13-15-17-18-19-20-21-22-24-25-27-29-31-33-35-42(45)49-39-41(40-51-53(47,48)50-38-37-44)52-43(46)36-34-32-30-28-26-23-16-14-12-10-8-6-4-2/h14,16,41H,3-13,15,17-40,44H2,1-2H3,(H,47,48)/b16-14-/t41-/m1/s1. The summed E-state index contributed by atoms with van der Waals surface area (Å²) < 4.78 is 32.8. The highest BCUT2D eigenvalue weighted by Crippen LogP contribution is 2.43. The minimum Gasteiger partial charge on any atom is -0.462 e. The van der Waals surface area contributed by atoms with Crippen molar-refractivity contribution in [1.82, 2.24) is 0 Å². The summed E-state index contributed by atoms with van der Waals surface area (Å²) in [5.41, 5.74) is 5.34. The maximum absolute atomic E-state index is 12.5. The minimum absolute atomic E-state index is 0.0548. The number of ether oxygens (including phenoxy) is 2. The Balaban J connectivity index is 4.07. The molecule has 2 atom stereocenters. The number of allylic oxidation sites excluding steroid dienone is 2. The van der Waals surface area contributed by atoms with E-state index in [0.29, 0.717) is 6.42 Å². The average Bonchev–Trinajstić information content (AvgIpc) is 3.14. The fourth-order valence-electron chi connectivity index (χ4n) is 6.34. The summed E-state index contributed by atoms with van der Waals surface area (Å²) in [6.07, 6.45) is 41.0. The van der Waals surface area contributed by atoms with E-state index < -0.39 is 26.5 Å². The highest BCUT2D eigenvalue weighted by Gasteiger charge is 2.26. The summed E-state index contributed by atoms with van der Waals surface area (Å²) in [5.74, 6) is -0.828. The second kappa shape index (κ2) is 40.4. The van der Waals surface area contributed by atoms with Gasteiger partial charge in [-0.2, -0.15) is 0 Å². The largest absolute Gasteiger partial charge is 0.472 e. The van der Waals surface area contributed by atoms with Gasteiger partial charge < -0.3 is 20.1 Å². The van der Waals surface area contributed by atoms with Crippen LogP contribution in [0.3, 0.4) is 0 Å². The quantitative estimate of drug-likeness (QED) is 0.0269. The molecular formula is C43H84NO8P. The number of phosphoric acid groups is 1. The zero-order valence-electron chi connectivity index (χ0n) is 34.5. The van der Waals surface area contributed by atoms with Crippen molar-refractivity contribution in [2.24, 2.45) is 5.73 Å². The number of hydrogen-bond donors (Lipinski definition) is 2. The van der Waals surface area contributed by atoms with E-state index in [-0.39, 0.29) is 38.6 Å². The second-order valence-corrected chi connectivity index (χ2v) is 16.4. The van der Waals surface area contributed by atoms with Crippen LogP contribution in [-0.4, -0.2) is 49.3 Å². The predicted octanol–water partition coefficient (Wildman–Crippen LogP) is 12.6. The molecule has 0 heterocycles. The number of unbranched alkanes of at least 4 members (excludes halogenated alkanes) is 27. The van der Waals surface area contributed by atoms with Gasteiger partial charge >= 0.3 is 19.8 Å². The Kier molecular flexibility index (Phi) is 39.5. The predicted molar refractivity (Wildman–Crippen MR) is 220 cm³/mol. The van der Waals surface area contributed by atoms with E-state index in [1.807, 2.05) is 0 Å². The van der Waals surface area contributed by atoms with E-state index in [2.05, 4.69) is 26.0 Å². The molecule has 0 radical (unpaired) electrons. The van der Waals surface area contributed by atoms with Gasteiger partial charge in [0.1, 0.15) is 6.61 Å². The van der Waals surface area contributed by atoms with Gasteiger partial charge in [-0.25, -0.2) is 4.57 Å². The molecule has 0 spiro atoms. The van der Waals surface area contributed by atoms with Gasteiger partial charge in [0.05, 0.1) is 13.2 Å². The van der Waals surface area contributed by atoms with Crippen LogP contribution < -0.4 is 5.73 Å². The molecule has 0 bridgehead atoms. The van der Waals surface area contributed by atoms with Crippen molar-refractivity contribution in [3.63, 3.8) is 0 Å². The fraction of sp³-hybridized carbons (Fsp3) is 0.907. The molecule has 0 saturated carbocycles. The topological polar surface area (TPSA) is 134 Å². The minimum atomic E-state index is -4.37. The van der Waals surface area contributed by atoms with E-state index in [0.717, 1.165) is 51.4 Å². The number of nitrogens with two attached hydrogens (primary N) is 1. The molecule has 314 valence electrons. The Morgan fingerprint density at radius 2 is 0.925 bits per heavy atom. The molecule has 0 rings (SSSR count). The summed E-state index contributed by atoms with van der Waals surface area (Å²) in [6.45, 7) is 3.74. The molecule has 0 aromatic carbocycles. The van der Waals surface area contributed by atoms with Gasteiger partial charge in [-0.15, -0.1) is 0 Å². The molecule has 0 aliphatic carbocycles. The van der Waals surface area contributed by atoms with Crippen LogP contribution in [0.4, 0.5) is 0 Å². The van der Waals surface area contributed by atoms with Gasteiger partial charge in [-0.3, -0.25) is 18.6 Å². The zero-order chi connectivity index (χ0) is 38.9. The Labute approximate surface area is 326 Å². The van der Waals surface area contributed by atoms with Crippen LogP contribution in [0.15, 0.2) is 12.2 Å². The van der Waals surface area contributed by atoms with Gasteiger partial charge in [-0.05, 0) is 38.5 Å². The van der Waals surface area contributed by atoms with Crippen molar-refractivity contribution < 1.29 is 37.6 Å². The molecule has 0 aliphatic heterocycles. The monoisotopic (exact) mass is 774 g/mol. The zero-order valence-corrected chi connectivity index (χ0v) is 35.4. The number of rotatable bonds is 42. The lowest BCUT2D eigenvalue weighted by atomic mass is 10.0. The first kappa shape index (κ1) is 51.8. The van der Waals surface area contributed by atoms with Gasteiger partial charge in [0.2, 0.25) is 0 Å². The molecule has 10 heteroatoms. The van der Waals surface area contributed by atoms with Gasteiger partial charge in [0, 0.05) is 19.4 Å². The van der Waals surface area contributed by atoms with Crippen molar-refractivity contribution >= 4 is 19.8 Å². The van der Waals surface area contributed by atoms with Crippen molar-refractivity contribution in [2.45, 2.75) is 225 Å². The summed E-state index contributed by atoms with van der Waals surface area (Å²) in [6, 6.07) is 0. The normalized spacial score (nSPS) is 13.4. The lowest BCUT2D eigenvalue weighted by Crippen LogP contribution is -2.29. The van der Waals surface area contributed by atoms with E-state index in [9.17, 15) is 19.0 Å². The molecule has 0 fully saturated rings. The molecule has 0 aromatic heterocycles. The van der Waals surface area contributed by atoms with Crippen molar-refractivity contribution in [3.05, 3.63) is 12.2 Å². The van der Waals surface area contributed by atoms with Crippen molar-refractivity contribution in [2.75, 3.05) is 26.4 Å². The molecule has 1 unspecified atom stereocenters. The van der Waals surface area contributed by atoms with E-state index in [1.54, 1.807) is 0 Å². The highest BCUT2D eigenvalue weighted by molar-refractivity contribution is 7.47. The maximum Gasteiger partial charge on any atom is 0.472 e. The maximum atomic E-state index is 12.5.